The van der Waals surface area contributed by atoms with Crippen LogP contribution in [0.1, 0.15) is 39.5 Å². The van der Waals surface area contributed by atoms with E-state index in [1.54, 1.807) is 0 Å². The van der Waals surface area contributed by atoms with Gasteiger partial charge in [0.2, 0.25) is 0 Å². The van der Waals surface area contributed by atoms with E-state index in [2.05, 4.69) is 25.8 Å². The quantitative estimate of drug-likeness (QED) is 0.682. The molecule has 2 heteroatoms. The zero-order valence-corrected chi connectivity index (χ0v) is 9.34. The molecule has 0 aromatic heterocycles. The molecule has 0 bridgehead atoms. The molecule has 1 aliphatic rings. The van der Waals surface area contributed by atoms with E-state index in [1.165, 1.54) is 32.2 Å². The van der Waals surface area contributed by atoms with Crippen LogP contribution in [0.25, 0.3) is 0 Å². The lowest BCUT2D eigenvalue weighted by molar-refractivity contribution is 0.0967. The van der Waals surface area contributed by atoms with Crippen LogP contribution >= 0.6 is 0 Å². The Labute approximate surface area is 82.5 Å². The summed E-state index contributed by atoms with van der Waals surface area (Å²) in [5, 5.41) is 0. The van der Waals surface area contributed by atoms with E-state index in [9.17, 15) is 0 Å². The predicted octanol–water partition coefficient (Wildman–Crippen LogP) is 1.85. The lowest BCUT2D eigenvalue weighted by Crippen LogP contribution is -2.53. The maximum Gasteiger partial charge on any atom is 0.0354 e. The van der Waals surface area contributed by atoms with Crippen molar-refractivity contribution in [2.75, 3.05) is 20.1 Å². The molecule has 13 heavy (non-hydrogen) atoms. The van der Waals surface area contributed by atoms with Crippen LogP contribution in [0.3, 0.4) is 0 Å². The summed E-state index contributed by atoms with van der Waals surface area (Å²) in [5.41, 5.74) is 6.26. The summed E-state index contributed by atoms with van der Waals surface area (Å²) in [7, 11) is 2.23. The predicted molar refractivity (Wildman–Crippen MR) is 57.7 cm³/mol. The molecule has 1 rings (SSSR count). The number of nitrogens with two attached hydrogens (primary N) is 1. The second-order valence-corrected chi connectivity index (χ2v) is 4.36. The van der Waals surface area contributed by atoms with Crippen LogP contribution in [0.2, 0.25) is 0 Å². The summed E-state index contributed by atoms with van der Waals surface area (Å²) in [5.74, 6) is 0.874. The molecule has 2 nitrogen and oxygen atoms in total. The second kappa shape index (κ2) is 4.43. The van der Waals surface area contributed by atoms with Gasteiger partial charge in [0.05, 0.1) is 0 Å². The van der Waals surface area contributed by atoms with Crippen molar-refractivity contribution < 1.29 is 0 Å². The molecule has 0 spiro atoms. The van der Waals surface area contributed by atoms with Gasteiger partial charge in [-0.1, -0.05) is 13.8 Å². The van der Waals surface area contributed by atoms with Gasteiger partial charge in [0.15, 0.2) is 0 Å². The fraction of sp³-hybridized carbons (Fsp3) is 1.00. The zero-order valence-electron chi connectivity index (χ0n) is 9.34. The third kappa shape index (κ3) is 2.05. The third-order valence-corrected chi connectivity index (χ3v) is 3.62. The Morgan fingerprint density at radius 1 is 1.38 bits per heavy atom. The summed E-state index contributed by atoms with van der Waals surface area (Å²) in [6, 6.07) is 0. The first-order chi connectivity index (χ1) is 6.21. The molecule has 1 saturated carbocycles. The molecule has 1 atom stereocenters. The van der Waals surface area contributed by atoms with Gasteiger partial charge < -0.3 is 5.73 Å². The molecule has 0 radical (unpaired) electrons. The SMILES string of the molecule is CCCN(C)C(CC)(CN)C1CC1. The third-order valence-electron chi connectivity index (χ3n) is 3.62. The Hall–Kier alpha value is -0.0800. The molecule has 0 aliphatic heterocycles. The summed E-state index contributed by atoms with van der Waals surface area (Å²) in [4.78, 5) is 2.49. The molecule has 1 aliphatic carbocycles. The number of hydrogen-bond donors (Lipinski definition) is 1. The van der Waals surface area contributed by atoms with Gasteiger partial charge in [0.1, 0.15) is 0 Å². The lowest BCUT2D eigenvalue weighted by atomic mass is 9.88. The van der Waals surface area contributed by atoms with Gasteiger partial charge in [-0.2, -0.15) is 0 Å². The summed E-state index contributed by atoms with van der Waals surface area (Å²) < 4.78 is 0. The molecular formula is C11H24N2. The first-order valence-corrected chi connectivity index (χ1v) is 5.62. The van der Waals surface area contributed by atoms with E-state index in [4.69, 9.17) is 5.73 Å². The van der Waals surface area contributed by atoms with Crippen molar-refractivity contribution in [1.82, 2.24) is 4.90 Å². The molecular weight excluding hydrogens is 160 g/mol. The minimum atomic E-state index is 0.315. The number of hydrogen-bond acceptors (Lipinski definition) is 2. The van der Waals surface area contributed by atoms with Crippen molar-refractivity contribution in [3.63, 3.8) is 0 Å². The van der Waals surface area contributed by atoms with Crippen molar-refractivity contribution >= 4 is 0 Å². The van der Waals surface area contributed by atoms with E-state index < -0.39 is 0 Å². The maximum absolute atomic E-state index is 5.95. The van der Waals surface area contributed by atoms with Crippen molar-refractivity contribution in [3.8, 4) is 0 Å². The molecule has 1 unspecified atom stereocenters. The van der Waals surface area contributed by atoms with E-state index in [0.29, 0.717) is 5.54 Å². The van der Waals surface area contributed by atoms with Crippen molar-refractivity contribution in [3.05, 3.63) is 0 Å². The van der Waals surface area contributed by atoms with Crippen LogP contribution in [-0.4, -0.2) is 30.6 Å². The highest BCUT2D eigenvalue weighted by Gasteiger charge is 2.45. The van der Waals surface area contributed by atoms with E-state index in [-0.39, 0.29) is 0 Å². The first-order valence-electron chi connectivity index (χ1n) is 5.62. The Morgan fingerprint density at radius 3 is 2.31 bits per heavy atom. The topological polar surface area (TPSA) is 29.3 Å². The molecule has 0 aromatic carbocycles. The Kier molecular flexibility index (Phi) is 3.74. The molecule has 0 saturated heterocycles. The highest BCUT2D eigenvalue weighted by molar-refractivity contribution is 5.01. The number of nitrogens with zero attached hydrogens (tertiary/aromatic N) is 1. The largest absolute Gasteiger partial charge is 0.329 e. The monoisotopic (exact) mass is 184 g/mol. The van der Waals surface area contributed by atoms with Gasteiger partial charge in [-0.3, -0.25) is 4.90 Å². The van der Waals surface area contributed by atoms with Crippen LogP contribution in [-0.2, 0) is 0 Å². The van der Waals surface area contributed by atoms with Crippen LogP contribution in [0, 0.1) is 5.92 Å². The standard InChI is InChI=1S/C11H24N2/c1-4-8-13(3)11(5-2,9-12)10-6-7-10/h10H,4-9,12H2,1-3H3. The van der Waals surface area contributed by atoms with Gasteiger partial charge in [0.25, 0.3) is 0 Å². The van der Waals surface area contributed by atoms with Crippen LogP contribution in [0.15, 0.2) is 0 Å². The van der Waals surface area contributed by atoms with E-state index >= 15 is 0 Å². The molecule has 78 valence electrons. The normalized spacial score (nSPS) is 21.9. The summed E-state index contributed by atoms with van der Waals surface area (Å²) >= 11 is 0. The Bertz CT molecular complexity index is 148. The van der Waals surface area contributed by atoms with Gasteiger partial charge in [-0.05, 0) is 45.2 Å². The fourth-order valence-corrected chi connectivity index (χ4v) is 2.52. The number of rotatable bonds is 6. The van der Waals surface area contributed by atoms with Gasteiger partial charge >= 0.3 is 0 Å². The molecule has 0 amide bonds. The average molecular weight is 184 g/mol. The molecule has 1 fully saturated rings. The maximum atomic E-state index is 5.95. The number of likely N-dealkylation sites (N-methyl/N-ethyl adjacent to an activating group) is 1. The average Bonchev–Trinajstić information content (AvgIpc) is 2.92. The molecule has 2 N–H and O–H groups in total. The van der Waals surface area contributed by atoms with Crippen molar-refractivity contribution in [1.29, 1.82) is 0 Å². The van der Waals surface area contributed by atoms with Crippen molar-refractivity contribution in [2.24, 2.45) is 11.7 Å². The zero-order chi connectivity index (χ0) is 9.90. The lowest BCUT2D eigenvalue weighted by Gasteiger charge is -2.41. The minimum absolute atomic E-state index is 0.315. The van der Waals surface area contributed by atoms with Crippen LogP contribution < -0.4 is 5.73 Å². The second-order valence-electron chi connectivity index (χ2n) is 4.36. The van der Waals surface area contributed by atoms with Crippen LogP contribution in [0.5, 0.6) is 0 Å². The van der Waals surface area contributed by atoms with Crippen LogP contribution in [0.4, 0.5) is 0 Å². The Balaban J connectivity index is 2.62. The van der Waals surface area contributed by atoms with Gasteiger partial charge in [0, 0.05) is 12.1 Å². The highest BCUT2D eigenvalue weighted by Crippen LogP contribution is 2.44. The Morgan fingerprint density at radius 2 is 2.00 bits per heavy atom. The van der Waals surface area contributed by atoms with E-state index in [0.717, 1.165) is 12.5 Å². The summed E-state index contributed by atoms with van der Waals surface area (Å²) in [6.45, 7) is 6.52. The van der Waals surface area contributed by atoms with Gasteiger partial charge in [-0.15, -0.1) is 0 Å². The summed E-state index contributed by atoms with van der Waals surface area (Å²) in [6.07, 6.45) is 5.20. The van der Waals surface area contributed by atoms with Crippen molar-refractivity contribution in [2.45, 2.75) is 45.1 Å². The molecule has 0 aromatic rings. The first kappa shape index (κ1) is 11.0. The van der Waals surface area contributed by atoms with Gasteiger partial charge in [-0.25, -0.2) is 0 Å². The smallest absolute Gasteiger partial charge is 0.0354 e. The minimum Gasteiger partial charge on any atom is -0.329 e. The highest BCUT2D eigenvalue weighted by atomic mass is 15.2. The fourth-order valence-electron chi connectivity index (χ4n) is 2.52. The van der Waals surface area contributed by atoms with E-state index in [1.807, 2.05) is 0 Å². The molecule has 0 heterocycles.